The lowest BCUT2D eigenvalue weighted by molar-refractivity contribution is 0.297. The summed E-state index contributed by atoms with van der Waals surface area (Å²) >= 11 is 9.44. The first kappa shape index (κ1) is 14.4. The van der Waals surface area contributed by atoms with Crippen molar-refractivity contribution >= 4 is 27.5 Å². The van der Waals surface area contributed by atoms with Crippen molar-refractivity contribution in [3.05, 3.63) is 37.7 Å². The Morgan fingerprint density at radius 2 is 2.10 bits per heavy atom. The molecule has 7 heteroatoms. The van der Waals surface area contributed by atoms with Crippen molar-refractivity contribution in [2.75, 3.05) is 13.2 Å². The number of hydrogen-bond donors (Lipinski definition) is 1. The predicted molar refractivity (Wildman–Crippen MR) is 83.3 cm³/mol. The number of ether oxygens (including phenoxy) is 2. The molecule has 0 saturated carbocycles. The highest BCUT2D eigenvalue weighted by Crippen LogP contribution is 2.40. The molecule has 0 atom stereocenters. The van der Waals surface area contributed by atoms with E-state index in [-0.39, 0.29) is 5.56 Å². The molecule has 3 rings (SSSR count). The van der Waals surface area contributed by atoms with E-state index in [4.69, 9.17) is 21.1 Å². The highest BCUT2D eigenvalue weighted by molar-refractivity contribution is 9.10. The van der Waals surface area contributed by atoms with Crippen molar-refractivity contribution in [2.24, 2.45) is 0 Å². The summed E-state index contributed by atoms with van der Waals surface area (Å²) < 4.78 is 11.6. The molecule has 0 saturated heterocycles. The van der Waals surface area contributed by atoms with E-state index < -0.39 is 0 Å². The van der Waals surface area contributed by atoms with Gasteiger partial charge in [-0.05, 0) is 35.0 Å². The molecular formula is C14H12BrClN2O3. The minimum Gasteiger partial charge on any atom is -0.489 e. The number of H-pyrrole nitrogens is 1. The first-order valence-corrected chi connectivity index (χ1v) is 7.59. The van der Waals surface area contributed by atoms with Gasteiger partial charge in [-0.3, -0.25) is 4.79 Å². The van der Waals surface area contributed by atoms with Gasteiger partial charge in [0.25, 0.3) is 5.56 Å². The van der Waals surface area contributed by atoms with Crippen molar-refractivity contribution < 1.29 is 9.47 Å². The summed E-state index contributed by atoms with van der Waals surface area (Å²) in [6, 6.07) is 3.48. The van der Waals surface area contributed by atoms with E-state index >= 15 is 0 Å². The SMILES string of the molecule is Cc1nc(-c2cc(Cl)c3c(c2)OCCCO3)[nH]c(=O)c1Br. The molecule has 0 fully saturated rings. The van der Waals surface area contributed by atoms with Gasteiger partial charge < -0.3 is 14.5 Å². The van der Waals surface area contributed by atoms with Crippen LogP contribution in [0.4, 0.5) is 0 Å². The van der Waals surface area contributed by atoms with Crippen LogP contribution in [-0.2, 0) is 0 Å². The molecular weight excluding hydrogens is 360 g/mol. The second-order valence-electron chi connectivity index (χ2n) is 4.65. The van der Waals surface area contributed by atoms with E-state index in [1.54, 1.807) is 19.1 Å². The number of nitrogens with one attached hydrogen (secondary N) is 1. The van der Waals surface area contributed by atoms with E-state index in [0.717, 1.165) is 6.42 Å². The van der Waals surface area contributed by atoms with E-state index in [1.807, 2.05) is 0 Å². The standard InChI is InChI=1S/C14H12BrClN2O3/c1-7-11(15)14(19)18-13(17-7)8-5-9(16)12-10(6-8)20-3-2-4-21-12/h5-6H,2-4H2,1H3,(H,17,18,19). The third kappa shape index (κ3) is 2.78. The van der Waals surface area contributed by atoms with Gasteiger partial charge in [0.05, 0.1) is 23.9 Å². The lowest BCUT2D eigenvalue weighted by Crippen LogP contribution is -2.11. The zero-order valence-corrected chi connectivity index (χ0v) is 13.5. The summed E-state index contributed by atoms with van der Waals surface area (Å²) in [6.45, 7) is 2.89. The fraction of sp³-hybridized carbons (Fsp3) is 0.286. The van der Waals surface area contributed by atoms with Gasteiger partial charge in [-0.15, -0.1) is 0 Å². The lowest BCUT2D eigenvalue weighted by Gasteiger charge is -2.11. The summed E-state index contributed by atoms with van der Waals surface area (Å²) in [5, 5.41) is 0.438. The van der Waals surface area contributed by atoms with Crippen molar-refractivity contribution in [1.82, 2.24) is 9.97 Å². The largest absolute Gasteiger partial charge is 0.489 e. The number of nitrogens with zero attached hydrogens (tertiary/aromatic N) is 1. The number of fused-ring (bicyclic) bond motifs is 1. The third-order valence-electron chi connectivity index (χ3n) is 3.10. The molecule has 0 unspecified atom stereocenters. The van der Waals surface area contributed by atoms with Crippen LogP contribution in [0.15, 0.2) is 21.4 Å². The Labute approximate surface area is 134 Å². The number of aromatic amines is 1. The second-order valence-corrected chi connectivity index (χ2v) is 5.85. The average Bonchev–Trinajstić information content (AvgIpc) is 2.69. The zero-order valence-electron chi connectivity index (χ0n) is 11.2. The van der Waals surface area contributed by atoms with Gasteiger partial charge in [-0.25, -0.2) is 4.98 Å². The normalized spacial score (nSPS) is 13.9. The molecule has 2 heterocycles. The van der Waals surface area contributed by atoms with Gasteiger partial charge in [-0.1, -0.05) is 11.6 Å². The zero-order chi connectivity index (χ0) is 15.0. The van der Waals surface area contributed by atoms with E-state index in [0.29, 0.717) is 51.3 Å². The Morgan fingerprint density at radius 3 is 2.86 bits per heavy atom. The van der Waals surface area contributed by atoms with Crippen LogP contribution in [0.25, 0.3) is 11.4 Å². The topological polar surface area (TPSA) is 64.2 Å². The van der Waals surface area contributed by atoms with Crippen LogP contribution < -0.4 is 15.0 Å². The molecule has 0 radical (unpaired) electrons. The minimum atomic E-state index is -0.235. The number of halogens is 2. The number of hydrogen-bond acceptors (Lipinski definition) is 4. The van der Waals surface area contributed by atoms with Crippen LogP contribution in [0.1, 0.15) is 12.1 Å². The molecule has 5 nitrogen and oxygen atoms in total. The predicted octanol–water partition coefficient (Wildman–Crippen LogP) is 3.32. The second kappa shape index (κ2) is 5.69. The van der Waals surface area contributed by atoms with Crippen LogP contribution in [0, 0.1) is 6.92 Å². The molecule has 2 aromatic rings. The number of benzene rings is 1. The lowest BCUT2D eigenvalue weighted by atomic mass is 10.2. The van der Waals surface area contributed by atoms with Crippen molar-refractivity contribution in [1.29, 1.82) is 0 Å². The maximum Gasteiger partial charge on any atom is 0.265 e. The molecule has 1 aromatic carbocycles. The fourth-order valence-electron chi connectivity index (χ4n) is 2.08. The highest BCUT2D eigenvalue weighted by Gasteiger charge is 2.17. The average molecular weight is 372 g/mol. The Bertz CT molecular complexity index is 761. The van der Waals surface area contributed by atoms with Crippen molar-refractivity contribution in [2.45, 2.75) is 13.3 Å². The molecule has 0 bridgehead atoms. The molecule has 0 spiro atoms. The smallest absolute Gasteiger partial charge is 0.265 e. The number of aryl methyl sites for hydroxylation is 1. The van der Waals surface area contributed by atoms with Crippen LogP contribution in [-0.4, -0.2) is 23.2 Å². The van der Waals surface area contributed by atoms with Gasteiger partial charge in [0.1, 0.15) is 10.3 Å². The number of aromatic nitrogens is 2. The monoisotopic (exact) mass is 370 g/mol. The summed E-state index contributed by atoms with van der Waals surface area (Å²) in [6.07, 6.45) is 0.798. The summed E-state index contributed by atoms with van der Waals surface area (Å²) in [7, 11) is 0. The maximum atomic E-state index is 11.8. The summed E-state index contributed by atoms with van der Waals surface area (Å²) in [5.74, 6) is 1.55. The molecule has 21 heavy (non-hydrogen) atoms. The van der Waals surface area contributed by atoms with Gasteiger partial charge >= 0.3 is 0 Å². The van der Waals surface area contributed by atoms with Crippen molar-refractivity contribution in [3.8, 4) is 22.9 Å². The number of rotatable bonds is 1. The molecule has 1 N–H and O–H groups in total. The van der Waals surface area contributed by atoms with E-state index in [1.165, 1.54) is 0 Å². The van der Waals surface area contributed by atoms with Gasteiger partial charge in [0.15, 0.2) is 11.5 Å². The van der Waals surface area contributed by atoms with Crippen LogP contribution >= 0.6 is 27.5 Å². The quantitative estimate of drug-likeness (QED) is 0.835. The maximum absolute atomic E-state index is 11.8. The Kier molecular flexibility index (Phi) is 3.91. The highest BCUT2D eigenvalue weighted by atomic mass is 79.9. The Balaban J connectivity index is 2.14. The molecule has 0 amide bonds. The molecule has 110 valence electrons. The van der Waals surface area contributed by atoms with E-state index in [9.17, 15) is 4.79 Å². The molecule has 0 aliphatic carbocycles. The van der Waals surface area contributed by atoms with Gasteiger partial charge in [0, 0.05) is 12.0 Å². The Morgan fingerprint density at radius 1 is 1.33 bits per heavy atom. The molecule has 1 aliphatic heterocycles. The minimum absolute atomic E-state index is 0.235. The van der Waals surface area contributed by atoms with Gasteiger partial charge in [0.2, 0.25) is 0 Å². The summed E-state index contributed by atoms with van der Waals surface area (Å²) in [5.41, 5.74) is 1.05. The first-order chi connectivity index (χ1) is 10.1. The van der Waals surface area contributed by atoms with E-state index in [2.05, 4.69) is 25.9 Å². The van der Waals surface area contributed by atoms with Crippen LogP contribution in [0.3, 0.4) is 0 Å². The van der Waals surface area contributed by atoms with Crippen LogP contribution in [0.5, 0.6) is 11.5 Å². The van der Waals surface area contributed by atoms with Gasteiger partial charge in [-0.2, -0.15) is 0 Å². The third-order valence-corrected chi connectivity index (χ3v) is 4.32. The first-order valence-electron chi connectivity index (χ1n) is 6.42. The molecule has 1 aliphatic rings. The fourth-order valence-corrected chi connectivity index (χ4v) is 2.53. The van der Waals surface area contributed by atoms with Crippen LogP contribution in [0.2, 0.25) is 5.02 Å². The Hall–Kier alpha value is -1.53. The molecule has 1 aromatic heterocycles. The van der Waals surface area contributed by atoms with Crippen molar-refractivity contribution in [3.63, 3.8) is 0 Å². The summed E-state index contributed by atoms with van der Waals surface area (Å²) in [4.78, 5) is 18.9.